The molecular weight excluding hydrogens is 350 g/mol. The summed E-state index contributed by atoms with van der Waals surface area (Å²) in [5.41, 5.74) is 0.382. The summed E-state index contributed by atoms with van der Waals surface area (Å²) >= 11 is 0. The van der Waals surface area contributed by atoms with Crippen molar-refractivity contribution < 1.29 is 13.2 Å². The molecule has 1 saturated heterocycles. The molecule has 2 N–H and O–H groups in total. The van der Waals surface area contributed by atoms with Crippen LogP contribution in [0.25, 0.3) is 0 Å². The third kappa shape index (κ3) is 4.84. The van der Waals surface area contributed by atoms with Gasteiger partial charge < -0.3 is 5.32 Å². The van der Waals surface area contributed by atoms with Gasteiger partial charge in [-0.3, -0.25) is 9.69 Å². The van der Waals surface area contributed by atoms with Crippen LogP contribution in [0.2, 0.25) is 0 Å². The smallest absolute Gasteiger partial charge is 0.251 e. The first-order valence-corrected chi connectivity index (χ1v) is 11.1. The van der Waals surface area contributed by atoms with E-state index in [9.17, 15) is 13.2 Å². The number of nitrogens with zero attached hydrogens (tertiary/aromatic N) is 1. The topological polar surface area (TPSA) is 78.5 Å². The van der Waals surface area contributed by atoms with E-state index in [1.165, 1.54) is 18.9 Å². The van der Waals surface area contributed by atoms with Gasteiger partial charge in [-0.2, -0.15) is 0 Å². The minimum absolute atomic E-state index is 0.0128. The van der Waals surface area contributed by atoms with E-state index in [1.54, 1.807) is 18.2 Å². The molecule has 0 bridgehead atoms. The molecule has 26 heavy (non-hydrogen) atoms. The summed E-state index contributed by atoms with van der Waals surface area (Å²) in [5, 5.41) is 2.93. The summed E-state index contributed by atoms with van der Waals surface area (Å²) in [7, 11) is -3.58. The van der Waals surface area contributed by atoms with Crippen molar-refractivity contribution in [3.8, 4) is 0 Å². The first-order valence-electron chi connectivity index (χ1n) is 9.60. The van der Waals surface area contributed by atoms with E-state index in [2.05, 4.69) is 21.9 Å². The number of sulfonamides is 1. The van der Waals surface area contributed by atoms with Crippen molar-refractivity contribution in [2.45, 2.75) is 62.4 Å². The predicted octanol–water partition coefficient (Wildman–Crippen LogP) is 2.12. The third-order valence-electron chi connectivity index (χ3n) is 5.41. The fraction of sp³-hybridized carbons (Fsp3) is 0.632. The maximum absolute atomic E-state index is 12.6. The summed E-state index contributed by atoms with van der Waals surface area (Å²) in [6, 6.07) is 6.59. The van der Waals surface area contributed by atoms with Gasteiger partial charge in [0.05, 0.1) is 4.90 Å². The highest BCUT2D eigenvalue weighted by Gasteiger charge is 2.24. The van der Waals surface area contributed by atoms with E-state index in [1.807, 2.05) is 0 Å². The zero-order valence-electron chi connectivity index (χ0n) is 15.4. The minimum Gasteiger partial charge on any atom is -0.350 e. The predicted molar refractivity (Wildman–Crippen MR) is 102 cm³/mol. The molecule has 1 aliphatic heterocycles. The first kappa shape index (κ1) is 19.3. The number of nitrogens with one attached hydrogen (secondary N) is 2. The van der Waals surface area contributed by atoms with Crippen LogP contribution < -0.4 is 10.0 Å². The van der Waals surface area contributed by atoms with Gasteiger partial charge in [0.1, 0.15) is 0 Å². The maximum atomic E-state index is 12.6. The van der Waals surface area contributed by atoms with Crippen molar-refractivity contribution in [3.63, 3.8) is 0 Å². The van der Waals surface area contributed by atoms with Gasteiger partial charge in [0.25, 0.3) is 5.91 Å². The SMILES string of the molecule is C[C@H](CNC(=O)c1cccc(S(=O)(=O)NC2CCCC2)c1)N1CCCC1. The van der Waals surface area contributed by atoms with Crippen LogP contribution in [0.3, 0.4) is 0 Å². The van der Waals surface area contributed by atoms with E-state index >= 15 is 0 Å². The molecular formula is C19H29N3O3S. The quantitative estimate of drug-likeness (QED) is 0.761. The summed E-state index contributed by atoms with van der Waals surface area (Å²) < 4.78 is 27.9. The average molecular weight is 380 g/mol. The van der Waals surface area contributed by atoms with Gasteiger partial charge >= 0.3 is 0 Å². The third-order valence-corrected chi connectivity index (χ3v) is 6.92. The lowest BCUT2D eigenvalue weighted by Crippen LogP contribution is -2.40. The number of benzene rings is 1. The fourth-order valence-electron chi connectivity index (χ4n) is 3.79. The normalized spacial score (nSPS) is 20.3. The summed E-state index contributed by atoms with van der Waals surface area (Å²) in [4.78, 5) is 15.0. The summed E-state index contributed by atoms with van der Waals surface area (Å²) in [6.45, 7) is 4.84. The Bertz CT molecular complexity index is 723. The highest BCUT2D eigenvalue weighted by Crippen LogP contribution is 2.21. The largest absolute Gasteiger partial charge is 0.350 e. The molecule has 0 spiro atoms. The molecule has 1 aliphatic carbocycles. The Kier molecular flexibility index (Phi) is 6.32. The maximum Gasteiger partial charge on any atom is 0.251 e. The highest BCUT2D eigenvalue weighted by atomic mass is 32.2. The first-order chi connectivity index (χ1) is 12.5. The van der Waals surface area contributed by atoms with Crippen LogP contribution >= 0.6 is 0 Å². The Morgan fingerprint density at radius 3 is 2.58 bits per heavy atom. The zero-order chi connectivity index (χ0) is 18.6. The molecule has 1 amide bonds. The molecule has 1 atom stereocenters. The molecule has 0 radical (unpaired) electrons. The number of carbonyl (C=O) groups excluding carboxylic acids is 1. The Balaban J connectivity index is 1.61. The minimum atomic E-state index is -3.58. The van der Waals surface area contributed by atoms with Crippen LogP contribution in [0, 0.1) is 0 Å². The van der Waals surface area contributed by atoms with Gasteiger partial charge in [0, 0.05) is 24.2 Å². The second-order valence-corrected chi connectivity index (χ2v) is 9.15. The number of likely N-dealkylation sites (tertiary alicyclic amines) is 1. The number of carbonyl (C=O) groups is 1. The van der Waals surface area contributed by atoms with Crippen LogP contribution in [0.1, 0.15) is 55.8 Å². The Morgan fingerprint density at radius 2 is 1.88 bits per heavy atom. The fourth-order valence-corrected chi connectivity index (χ4v) is 5.14. The van der Waals surface area contributed by atoms with Gasteiger partial charge in [-0.1, -0.05) is 18.9 Å². The molecule has 0 unspecified atom stereocenters. The Morgan fingerprint density at radius 1 is 1.19 bits per heavy atom. The summed E-state index contributed by atoms with van der Waals surface area (Å²) in [6.07, 6.45) is 6.32. The number of hydrogen-bond donors (Lipinski definition) is 2. The zero-order valence-corrected chi connectivity index (χ0v) is 16.2. The molecule has 6 nitrogen and oxygen atoms in total. The average Bonchev–Trinajstić information content (AvgIpc) is 3.33. The molecule has 7 heteroatoms. The molecule has 1 aromatic carbocycles. The monoisotopic (exact) mass is 379 g/mol. The molecule has 1 heterocycles. The molecule has 1 saturated carbocycles. The molecule has 3 rings (SSSR count). The van der Waals surface area contributed by atoms with Crippen molar-refractivity contribution in [3.05, 3.63) is 29.8 Å². The molecule has 1 aromatic rings. The number of amides is 1. The number of hydrogen-bond acceptors (Lipinski definition) is 4. The number of rotatable bonds is 7. The van der Waals surface area contributed by atoms with Crippen LogP contribution in [0.15, 0.2) is 29.2 Å². The van der Waals surface area contributed by atoms with Crippen LogP contribution in [-0.2, 0) is 10.0 Å². The van der Waals surface area contributed by atoms with Crippen LogP contribution in [0.4, 0.5) is 0 Å². The van der Waals surface area contributed by atoms with Crippen molar-refractivity contribution >= 4 is 15.9 Å². The van der Waals surface area contributed by atoms with Gasteiger partial charge in [-0.15, -0.1) is 0 Å². The molecule has 144 valence electrons. The molecule has 0 aromatic heterocycles. The van der Waals surface area contributed by atoms with Crippen LogP contribution in [-0.4, -0.2) is 50.9 Å². The van der Waals surface area contributed by atoms with Crippen molar-refractivity contribution in [1.29, 1.82) is 0 Å². The Hall–Kier alpha value is -1.44. The van der Waals surface area contributed by atoms with Gasteiger partial charge in [0.15, 0.2) is 0 Å². The van der Waals surface area contributed by atoms with Gasteiger partial charge in [-0.25, -0.2) is 13.1 Å². The van der Waals surface area contributed by atoms with E-state index in [0.717, 1.165) is 38.8 Å². The van der Waals surface area contributed by atoms with Crippen molar-refractivity contribution in [1.82, 2.24) is 14.9 Å². The van der Waals surface area contributed by atoms with E-state index in [0.29, 0.717) is 12.1 Å². The van der Waals surface area contributed by atoms with E-state index in [-0.39, 0.29) is 22.9 Å². The van der Waals surface area contributed by atoms with Gasteiger partial charge in [-0.05, 0) is 63.9 Å². The lowest BCUT2D eigenvalue weighted by molar-refractivity contribution is 0.0940. The second kappa shape index (κ2) is 8.50. The Labute approximate surface area is 156 Å². The highest BCUT2D eigenvalue weighted by molar-refractivity contribution is 7.89. The van der Waals surface area contributed by atoms with Gasteiger partial charge in [0.2, 0.25) is 10.0 Å². The molecule has 2 fully saturated rings. The lowest BCUT2D eigenvalue weighted by atomic mass is 10.2. The van der Waals surface area contributed by atoms with E-state index < -0.39 is 10.0 Å². The van der Waals surface area contributed by atoms with Crippen LogP contribution in [0.5, 0.6) is 0 Å². The molecule has 2 aliphatic rings. The van der Waals surface area contributed by atoms with Crippen molar-refractivity contribution in [2.75, 3.05) is 19.6 Å². The van der Waals surface area contributed by atoms with E-state index in [4.69, 9.17) is 0 Å². The standard InChI is InChI=1S/C19H29N3O3S/c1-15(22-11-4-5-12-22)14-20-19(23)16-7-6-10-18(13-16)26(24,25)21-17-8-2-3-9-17/h6-7,10,13,15,17,21H,2-5,8-9,11-12,14H2,1H3,(H,20,23)/t15-/m1/s1. The lowest BCUT2D eigenvalue weighted by Gasteiger charge is -2.23. The second-order valence-electron chi connectivity index (χ2n) is 7.43. The summed E-state index contributed by atoms with van der Waals surface area (Å²) in [5.74, 6) is -0.228. The van der Waals surface area contributed by atoms with Crippen molar-refractivity contribution in [2.24, 2.45) is 0 Å².